The molecule has 4 rings (SSSR count). The quantitative estimate of drug-likeness (QED) is 0.605. The third-order valence-electron chi connectivity index (χ3n) is 3.94. The van der Waals surface area contributed by atoms with Crippen LogP contribution in [0.15, 0.2) is 48.8 Å². The number of anilines is 1. The van der Waals surface area contributed by atoms with Crippen LogP contribution in [0.2, 0.25) is 0 Å². The molecule has 9 nitrogen and oxygen atoms in total. The summed E-state index contributed by atoms with van der Waals surface area (Å²) in [6, 6.07) is 11.0. The summed E-state index contributed by atoms with van der Waals surface area (Å²) in [7, 11) is 0. The zero-order valence-corrected chi connectivity index (χ0v) is 14.5. The second kappa shape index (κ2) is 7.73. The summed E-state index contributed by atoms with van der Waals surface area (Å²) in [6.45, 7) is 1.25. The van der Waals surface area contributed by atoms with Crippen LogP contribution in [-0.2, 0) is 11.2 Å². The third kappa shape index (κ3) is 4.14. The van der Waals surface area contributed by atoms with E-state index in [1.165, 1.54) is 0 Å². The van der Waals surface area contributed by atoms with Crippen LogP contribution in [0, 0.1) is 0 Å². The minimum Gasteiger partial charge on any atom is -0.454 e. The monoisotopic (exact) mass is 366 g/mol. The predicted octanol–water partition coefficient (Wildman–Crippen LogP) is 1.16. The van der Waals surface area contributed by atoms with Gasteiger partial charge in [-0.3, -0.25) is 4.79 Å². The Morgan fingerprint density at radius 1 is 1.11 bits per heavy atom. The van der Waals surface area contributed by atoms with Gasteiger partial charge in [-0.05, 0) is 35.9 Å². The van der Waals surface area contributed by atoms with Crippen LogP contribution in [0.3, 0.4) is 0 Å². The molecule has 27 heavy (non-hydrogen) atoms. The molecule has 2 N–H and O–H groups in total. The molecule has 1 aliphatic rings. The topological polar surface area (TPSA) is 103 Å². The van der Waals surface area contributed by atoms with Crippen molar-refractivity contribution in [2.45, 2.75) is 6.42 Å². The molecule has 3 aromatic rings. The number of carbonyl (C=O) groups excluding carboxylic acids is 1. The lowest BCUT2D eigenvalue weighted by Crippen LogP contribution is -2.30. The molecule has 3 heterocycles. The van der Waals surface area contributed by atoms with Crippen molar-refractivity contribution in [3.63, 3.8) is 0 Å². The van der Waals surface area contributed by atoms with E-state index in [1.807, 2.05) is 36.4 Å². The molecule has 0 bridgehead atoms. The van der Waals surface area contributed by atoms with Gasteiger partial charge >= 0.3 is 0 Å². The summed E-state index contributed by atoms with van der Waals surface area (Å²) < 4.78 is 12.2. The number of nitrogens with zero attached hydrogens (tertiary/aromatic N) is 4. The van der Waals surface area contributed by atoms with Gasteiger partial charge in [0.15, 0.2) is 17.3 Å². The number of rotatable bonds is 7. The number of amides is 1. The van der Waals surface area contributed by atoms with E-state index in [0.717, 1.165) is 5.56 Å². The molecule has 9 heteroatoms. The van der Waals surface area contributed by atoms with E-state index in [0.29, 0.717) is 36.2 Å². The van der Waals surface area contributed by atoms with Crippen molar-refractivity contribution in [1.29, 1.82) is 0 Å². The molecule has 0 saturated carbocycles. The third-order valence-corrected chi connectivity index (χ3v) is 3.94. The number of hydrogen-bond acceptors (Lipinski definition) is 7. The highest BCUT2D eigenvalue weighted by molar-refractivity contribution is 5.78. The van der Waals surface area contributed by atoms with Crippen LogP contribution in [-0.4, -0.2) is 45.8 Å². The Bertz CT molecular complexity index is 911. The Kier molecular flexibility index (Phi) is 4.82. The van der Waals surface area contributed by atoms with Gasteiger partial charge in [0, 0.05) is 25.5 Å². The average Bonchev–Trinajstić information content (AvgIpc) is 3.37. The first-order chi connectivity index (χ1) is 13.3. The number of benzene rings is 1. The van der Waals surface area contributed by atoms with Crippen LogP contribution in [0.4, 0.5) is 5.82 Å². The summed E-state index contributed by atoms with van der Waals surface area (Å²) in [5, 5.41) is 18.3. The van der Waals surface area contributed by atoms with Crippen molar-refractivity contribution in [3.8, 4) is 17.3 Å². The Morgan fingerprint density at radius 3 is 2.85 bits per heavy atom. The fourth-order valence-electron chi connectivity index (χ4n) is 2.64. The molecule has 0 aliphatic carbocycles. The largest absolute Gasteiger partial charge is 0.454 e. The zero-order chi connectivity index (χ0) is 18.5. The van der Waals surface area contributed by atoms with Gasteiger partial charge < -0.3 is 20.1 Å². The fourth-order valence-corrected chi connectivity index (χ4v) is 2.64. The van der Waals surface area contributed by atoms with E-state index in [4.69, 9.17) is 9.47 Å². The summed E-state index contributed by atoms with van der Waals surface area (Å²) in [5.74, 6) is 2.61. The van der Waals surface area contributed by atoms with E-state index in [1.54, 1.807) is 17.1 Å². The molecular formula is C18H18N6O3. The second-order valence-corrected chi connectivity index (χ2v) is 5.87. The molecular weight excluding hydrogens is 348 g/mol. The minimum atomic E-state index is -0.0595. The smallest absolute Gasteiger partial charge is 0.231 e. The van der Waals surface area contributed by atoms with Crippen LogP contribution in [0.5, 0.6) is 11.5 Å². The number of hydrogen-bond donors (Lipinski definition) is 2. The molecule has 0 saturated heterocycles. The Labute approximate surface area is 155 Å². The number of ether oxygens (including phenoxy) is 2. The van der Waals surface area contributed by atoms with Crippen molar-refractivity contribution < 1.29 is 14.3 Å². The van der Waals surface area contributed by atoms with E-state index in [2.05, 4.69) is 25.9 Å². The molecule has 0 atom stereocenters. The van der Waals surface area contributed by atoms with Crippen molar-refractivity contribution in [1.82, 2.24) is 25.3 Å². The number of aromatic nitrogens is 4. The lowest BCUT2D eigenvalue weighted by Gasteiger charge is -2.08. The van der Waals surface area contributed by atoms with Crippen molar-refractivity contribution in [2.24, 2.45) is 0 Å². The van der Waals surface area contributed by atoms with Crippen molar-refractivity contribution >= 4 is 11.7 Å². The Morgan fingerprint density at radius 2 is 2.04 bits per heavy atom. The van der Waals surface area contributed by atoms with Crippen LogP contribution >= 0.6 is 0 Å². The van der Waals surface area contributed by atoms with Gasteiger partial charge in [0.1, 0.15) is 5.82 Å². The van der Waals surface area contributed by atoms with Crippen molar-refractivity contribution in [3.05, 3.63) is 54.4 Å². The number of carbonyl (C=O) groups is 1. The first kappa shape index (κ1) is 16.8. The zero-order valence-electron chi connectivity index (χ0n) is 14.5. The molecule has 0 radical (unpaired) electrons. The molecule has 1 aromatic carbocycles. The van der Waals surface area contributed by atoms with Gasteiger partial charge in [0.25, 0.3) is 0 Å². The maximum atomic E-state index is 12.1. The highest BCUT2D eigenvalue weighted by Gasteiger charge is 2.14. The Hall–Kier alpha value is -3.62. The van der Waals surface area contributed by atoms with Gasteiger partial charge in [0.2, 0.25) is 12.7 Å². The summed E-state index contributed by atoms with van der Waals surface area (Å²) in [5.41, 5.74) is 0.879. The molecule has 0 unspecified atom stereocenters. The normalized spacial score (nSPS) is 12.0. The molecule has 2 aromatic heterocycles. The van der Waals surface area contributed by atoms with Crippen LogP contribution < -0.4 is 20.1 Å². The molecule has 0 fully saturated rings. The van der Waals surface area contributed by atoms with Gasteiger partial charge in [-0.1, -0.05) is 6.07 Å². The second-order valence-electron chi connectivity index (χ2n) is 5.87. The maximum Gasteiger partial charge on any atom is 0.231 e. The van der Waals surface area contributed by atoms with E-state index in [9.17, 15) is 4.79 Å². The van der Waals surface area contributed by atoms with Crippen LogP contribution in [0.25, 0.3) is 5.82 Å². The van der Waals surface area contributed by atoms with E-state index >= 15 is 0 Å². The fraction of sp³-hybridized carbons (Fsp3) is 0.222. The number of fused-ring (bicyclic) bond motifs is 1. The summed E-state index contributed by atoms with van der Waals surface area (Å²) >= 11 is 0. The minimum absolute atomic E-state index is 0.0595. The first-order valence-corrected chi connectivity index (χ1v) is 8.51. The number of nitrogens with one attached hydrogen (secondary N) is 2. The lowest BCUT2D eigenvalue weighted by atomic mass is 10.1. The summed E-state index contributed by atoms with van der Waals surface area (Å²) in [6.07, 6.45) is 3.77. The van der Waals surface area contributed by atoms with E-state index in [-0.39, 0.29) is 19.1 Å². The lowest BCUT2D eigenvalue weighted by molar-refractivity contribution is -0.120. The predicted molar refractivity (Wildman–Crippen MR) is 96.9 cm³/mol. The van der Waals surface area contributed by atoms with Gasteiger partial charge in [-0.2, -0.15) is 5.10 Å². The highest BCUT2D eigenvalue weighted by atomic mass is 16.7. The molecule has 0 spiro atoms. The maximum absolute atomic E-state index is 12.1. The SMILES string of the molecule is O=C(Cc1ccc2c(c1)OCO2)NCCNc1ccc(-n2cccn2)nn1. The van der Waals surface area contributed by atoms with Gasteiger partial charge in [-0.15, -0.1) is 10.2 Å². The average molecular weight is 366 g/mol. The Balaban J connectivity index is 1.20. The molecule has 1 amide bonds. The summed E-state index contributed by atoms with van der Waals surface area (Å²) in [4.78, 5) is 12.1. The highest BCUT2D eigenvalue weighted by Crippen LogP contribution is 2.32. The van der Waals surface area contributed by atoms with E-state index < -0.39 is 0 Å². The van der Waals surface area contributed by atoms with Gasteiger partial charge in [0.05, 0.1) is 6.42 Å². The van der Waals surface area contributed by atoms with Crippen LogP contribution in [0.1, 0.15) is 5.56 Å². The first-order valence-electron chi connectivity index (χ1n) is 8.51. The molecule has 1 aliphatic heterocycles. The molecule has 138 valence electrons. The van der Waals surface area contributed by atoms with Gasteiger partial charge in [-0.25, -0.2) is 4.68 Å². The van der Waals surface area contributed by atoms with Crippen molar-refractivity contribution in [2.75, 3.05) is 25.2 Å². The standard InChI is InChI=1S/C18H18N6O3/c25-18(11-13-2-3-14-15(10-13)27-12-26-14)20-8-7-19-16-4-5-17(23-22-16)24-9-1-6-21-24/h1-6,9-10H,7-8,11-12H2,(H,19,22)(H,20,25).